The molecule has 2 aromatic carbocycles. The number of hydrogen-bond donors (Lipinski definition) is 1. The maximum absolute atomic E-state index is 13.9. The van der Waals surface area contributed by atoms with Gasteiger partial charge in [-0.05, 0) is 36.4 Å². The van der Waals surface area contributed by atoms with Crippen LogP contribution in [0.15, 0.2) is 54.9 Å². The molecule has 0 spiro atoms. The van der Waals surface area contributed by atoms with Gasteiger partial charge in [0.25, 0.3) is 5.91 Å². The summed E-state index contributed by atoms with van der Waals surface area (Å²) < 4.78 is 42.5. The third-order valence-electron chi connectivity index (χ3n) is 4.66. The Hall–Kier alpha value is -3.65. The molecule has 1 N–H and O–H groups in total. The fraction of sp³-hybridized carbons (Fsp3) is 0.0455. The van der Waals surface area contributed by atoms with Gasteiger partial charge in [0.1, 0.15) is 11.5 Å². The van der Waals surface area contributed by atoms with E-state index in [1.165, 1.54) is 54.9 Å². The Bertz CT molecular complexity index is 1410. The fourth-order valence-corrected chi connectivity index (χ4v) is 3.87. The molecule has 2 aromatic heterocycles. The first-order valence-corrected chi connectivity index (χ1v) is 9.97. The first-order chi connectivity index (χ1) is 15.7. The van der Waals surface area contributed by atoms with Crippen LogP contribution >= 0.6 is 23.2 Å². The molecule has 0 bridgehead atoms. The molecule has 0 saturated heterocycles. The Morgan fingerprint density at radius 1 is 1.09 bits per heavy atom. The van der Waals surface area contributed by atoms with Gasteiger partial charge in [-0.2, -0.15) is 13.2 Å². The molecular formula is C22H11Cl2F3N4O2. The number of nitrogens with one attached hydrogen (secondary N) is 1. The maximum atomic E-state index is 13.9. The molecular weight excluding hydrogens is 480 g/mol. The van der Waals surface area contributed by atoms with E-state index >= 15 is 0 Å². The number of halogens is 5. The number of benzene rings is 2. The lowest BCUT2D eigenvalue weighted by Gasteiger charge is -2.12. The van der Waals surface area contributed by atoms with Gasteiger partial charge in [-0.15, -0.1) is 0 Å². The molecule has 0 atom stereocenters. The predicted molar refractivity (Wildman–Crippen MR) is 118 cm³/mol. The zero-order valence-electron chi connectivity index (χ0n) is 16.3. The molecule has 0 fully saturated rings. The lowest BCUT2D eigenvalue weighted by Crippen LogP contribution is -2.14. The number of fused-ring (bicyclic) bond motifs is 1. The van der Waals surface area contributed by atoms with Gasteiger partial charge < -0.3 is 5.32 Å². The van der Waals surface area contributed by atoms with Gasteiger partial charge in [0.05, 0.1) is 38.7 Å². The predicted octanol–water partition coefficient (Wildman–Crippen LogP) is 5.84. The minimum absolute atomic E-state index is 0.0268. The molecule has 6 nitrogen and oxygen atoms in total. The lowest BCUT2D eigenvalue weighted by molar-refractivity contribution is -0.145. The van der Waals surface area contributed by atoms with Crippen molar-refractivity contribution in [2.75, 3.05) is 5.32 Å². The Kier molecular flexibility index (Phi) is 5.95. The highest BCUT2D eigenvalue weighted by atomic mass is 35.5. The summed E-state index contributed by atoms with van der Waals surface area (Å²) in [7, 11) is 0. The van der Waals surface area contributed by atoms with Gasteiger partial charge in [0, 0.05) is 17.8 Å². The monoisotopic (exact) mass is 490 g/mol. The Balaban J connectivity index is 1.99. The number of alkyl halides is 3. The van der Waals surface area contributed by atoms with E-state index in [0.29, 0.717) is 0 Å². The molecule has 2 heterocycles. The minimum Gasteiger partial charge on any atom is -0.319 e. The molecule has 33 heavy (non-hydrogen) atoms. The van der Waals surface area contributed by atoms with E-state index in [1.807, 2.05) is 0 Å². The number of carbonyl (C=O) groups excluding carboxylic acids is 2. The SMILES string of the molecule is O=C=Cc1ccc2c(nc(C(F)(F)F)n2-c2cccnc2)c1NC(=O)c1c(Cl)cccc1Cl. The van der Waals surface area contributed by atoms with Gasteiger partial charge in [0.15, 0.2) is 0 Å². The second-order valence-electron chi connectivity index (χ2n) is 6.69. The van der Waals surface area contributed by atoms with Crippen LogP contribution in [0.1, 0.15) is 21.7 Å². The minimum atomic E-state index is -4.83. The van der Waals surface area contributed by atoms with Crippen LogP contribution in [0, 0.1) is 0 Å². The maximum Gasteiger partial charge on any atom is 0.450 e. The summed E-state index contributed by atoms with van der Waals surface area (Å²) in [5.41, 5.74) is -0.187. The summed E-state index contributed by atoms with van der Waals surface area (Å²) >= 11 is 12.2. The average Bonchev–Trinajstić information content (AvgIpc) is 3.16. The molecule has 4 rings (SSSR count). The second-order valence-corrected chi connectivity index (χ2v) is 7.50. The normalized spacial score (nSPS) is 11.3. The van der Waals surface area contributed by atoms with E-state index in [1.54, 1.807) is 5.94 Å². The average molecular weight is 491 g/mol. The van der Waals surface area contributed by atoms with Crippen molar-refractivity contribution >= 4 is 57.8 Å². The fourth-order valence-electron chi connectivity index (χ4n) is 3.30. The number of nitrogens with zero attached hydrogens (tertiary/aromatic N) is 3. The number of rotatable bonds is 4. The van der Waals surface area contributed by atoms with Crippen molar-refractivity contribution in [2.24, 2.45) is 0 Å². The number of amides is 1. The zero-order valence-corrected chi connectivity index (χ0v) is 17.8. The van der Waals surface area contributed by atoms with Crippen molar-refractivity contribution < 1.29 is 22.8 Å². The summed E-state index contributed by atoms with van der Waals surface area (Å²) in [5.74, 6) is -0.458. The summed E-state index contributed by atoms with van der Waals surface area (Å²) in [6.45, 7) is 0. The summed E-state index contributed by atoms with van der Waals surface area (Å²) in [5, 5.41) is 2.58. The molecule has 0 radical (unpaired) electrons. The third-order valence-corrected chi connectivity index (χ3v) is 5.29. The quantitative estimate of drug-likeness (QED) is 0.364. The van der Waals surface area contributed by atoms with Crippen LogP contribution in [0.5, 0.6) is 0 Å². The smallest absolute Gasteiger partial charge is 0.319 e. The molecule has 0 aliphatic rings. The highest BCUT2D eigenvalue weighted by Crippen LogP contribution is 2.37. The molecule has 11 heteroatoms. The van der Waals surface area contributed by atoms with Crippen molar-refractivity contribution in [1.82, 2.24) is 14.5 Å². The number of aromatic nitrogens is 3. The third kappa shape index (κ3) is 4.21. The van der Waals surface area contributed by atoms with Crippen molar-refractivity contribution in [3.8, 4) is 5.69 Å². The summed E-state index contributed by atoms with van der Waals surface area (Å²) in [6, 6.07) is 10.0. The van der Waals surface area contributed by atoms with Gasteiger partial charge in [0.2, 0.25) is 5.82 Å². The van der Waals surface area contributed by atoms with E-state index in [0.717, 1.165) is 10.6 Å². The summed E-state index contributed by atoms with van der Waals surface area (Å²) in [4.78, 5) is 31.6. The van der Waals surface area contributed by atoms with Crippen LogP contribution in [0.2, 0.25) is 10.0 Å². The lowest BCUT2D eigenvalue weighted by atomic mass is 10.1. The highest BCUT2D eigenvalue weighted by Gasteiger charge is 2.39. The van der Waals surface area contributed by atoms with Crippen LogP contribution in [0.3, 0.4) is 0 Å². The molecule has 0 saturated carbocycles. The highest BCUT2D eigenvalue weighted by molar-refractivity contribution is 6.40. The first-order valence-electron chi connectivity index (χ1n) is 9.21. The van der Waals surface area contributed by atoms with Crippen LogP contribution in [-0.2, 0) is 11.0 Å². The van der Waals surface area contributed by atoms with Crippen molar-refractivity contribution in [2.45, 2.75) is 6.18 Å². The molecule has 0 unspecified atom stereocenters. The molecule has 166 valence electrons. The van der Waals surface area contributed by atoms with Crippen LogP contribution in [0.25, 0.3) is 22.8 Å². The molecule has 1 amide bonds. The summed E-state index contributed by atoms with van der Waals surface area (Å²) in [6.07, 6.45) is -1.19. The van der Waals surface area contributed by atoms with E-state index in [2.05, 4.69) is 15.3 Å². The number of hydrogen-bond acceptors (Lipinski definition) is 4. The van der Waals surface area contributed by atoms with Gasteiger partial charge in [-0.1, -0.05) is 29.3 Å². The van der Waals surface area contributed by atoms with Crippen molar-refractivity contribution in [3.63, 3.8) is 0 Å². The Morgan fingerprint density at radius 2 is 1.82 bits per heavy atom. The number of anilines is 1. The largest absolute Gasteiger partial charge is 0.450 e. The van der Waals surface area contributed by atoms with Gasteiger partial charge in [-0.3, -0.25) is 14.3 Å². The topological polar surface area (TPSA) is 76.9 Å². The number of imidazole rings is 1. The van der Waals surface area contributed by atoms with E-state index in [9.17, 15) is 22.8 Å². The van der Waals surface area contributed by atoms with Crippen LogP contribution in [-0.4, -0.2) is 26.4 Å². The Morgan fingerprint density at radius 3 is 2.42 bits per heavy atom. The van der Waals surface area contributed by atoms with E-state index < -0.39 is 17.9 Å². The number of carbonyl (C=O) groups is 1. The van der Waals surface area contributed by atoms with Gasteiger partial charge >= 0.3 is 6.18 Å². The van der Waals surface area contributed by atoms with Crippen LogP contribution in [0.4, 0.5) is 18.9 Å². The van der Waals surface area contributed by atoms with Gasteiger partial charge in [-0.25, -0.2) is 9.78 Å². The number of pyridine rings is 1. The standard InChI is InChI=1S/C22H11Cl2F3N4O2/c23-14-4-1-5-15(24)17(14)20(33)29-18-12(8-10-32)6-7-16-19(18)30-21(22(25,26)27)31(16)13-3-2-9-28-11-13/h1-9,11H,(H,29,33). The molecule has 0 aliphatic carbocycles. The van der Waals surface area contributed by atoms with E-state index in [4.69, 9.17) is 23.2 Å². The van der Waals surface area contributed by atoms with Crippen molar-refractivity contribution in [3.05, 3.63) is 81.9 Å². The molecule has 0 aliphatic heterocycles. The second kappa shape index (κ2) is 8.71. The van der Waals surface area contributed by atoms with Crippen molar-refractivity contribution in [1.29, 1.82) is 0 Å². The Labute approximate surface area is 194 Å². The zero-order chi connectivity index (χ0) is 23.8. The van der Waals surface area contributed by atoms with E-state index in [-0.39, 0.29) is 43.6 Å². The molecule has 4 aromatic rings. The first kappa shape index (κ1) is 22.5. The van der Waals surface area contributed by atoms with Crippen LogP contribution < -0.4 is 5.32 Å².